The molecule has 2 rings (SSSR count). The zero-order chi connectivity index (χ0) is 13.5. The van der Waals surface area contributed by atoms with Crippen LogP contribution in [0.2, 0.25) is 0 Å². The van der Waals surface area contributed by atoms with Crippen LogP contribution < -0.4 is 0 Å². The maximum absolute atomic E-state index is 8.75. The molecule has 1 aliphatic rings. The molecule has 0 aromatic carbocycles. The molecular formula is C13H20Cl3N3O2. The average Bonchev–Trinajstić information content (AvgIpc) is 2.48. The zero-order valence-corrected chi connectivity index (χ0v) is 14.0. The third kappa shape index (κ3) is 6.36. The van der Waals surface area contributed by atoms with Crippen molar-refractivity contribution < 1.29 is 9.94 Å². The van der Waals surface area contributed by atoms with Gasteiger partial charge in [0.15, 0.2) is 5.17 Å². The maximum Gasteiger partial charge on any atom is 0.177 e. The van der Waals surface area contributed by atoms with Crippen LogP contribution in [0, 0.1) is 0 Å². The predicted molar refractivity (Wildman–Crippen MR) is 88.5 cm³/mol. The summed E-state index contributed by atoms with van der Waals surface area (Å²) in [6.45, 7) is 4.64. The van der Waals surface area contributed by atoms with Crippen molar-refractivity contribution in [2.24, 2.45) is 5.16 Å². The molecule has 21 heavy (non-hydrogen) atoms. The fourth-order valence-electron chi connectivity index (χ4n) is 2.17. The first-order valence-corrected chi connectivity index (χ1v) is 6.81. The highest BCUT2D eigenvalue weighted by atomic mass is 35.5. The van der Waals surface area contributed by atoms with E-state index in [1.807, 2.05) is 6.07 Å². The molecule has 1 fully saturated rings. The predicted octanol–water partition coefficient (Wildman–Crippen LogP) is 2.56. The summed E-state index contributed by atoms with van der Waals surface area (Å²) in [5.41, 5.74) is 1.58. The number of ether oxygens (including phenoxy) is 1. The standard InChI is InChI=1S/C13H18ClN3O2.2ClH/c14-13(16-18)11-3-1-5-15-12(11)4-2-6-17-7-9-19-10-8-17;;/h1,3,5,18H,2,4,6-10H2;2*1H. The second-order valence-corrected chi connectivity index (χ2v) is 4.80. The van der Waals surface area contributed by atoms with Gasteiger partial charge in [-0.25, -0.2) is 0 Å². The minimum atomic E-state index is 0. The van der Waals surface area contributed by atoms with Crippen molar-refractivity contribution in [1.29, 1.82) is 0 Å². The lowest BCUT2D eigenvalue weighted by atomic mass is 10.1. The fourth-order valence-corrected chi connectivity index (χ4v) is 2.35. The third-order valence-electron chi connectivity index (χ3n) is 3.19. The molecule has 1 aliphatic heterocycles. The van der Waals surface area contributed by atoms with Crippen molar-refractivity contribution in [1.82, 2.24) is 9.88 Å². The number of hydrogen-bond donors (Lipinski definition) is 1. The molecular weight excluding hydrogens is 337 g/mol. The maximum atomic E-state index is 8.75. The quantitative estimate of drug-likeness (QED) is 0.500. The summed E-state index contributed by atoms with van der Waals surface area (Å²) in [6.07, 6.45) is 3.55. The Hall–Kier alpha value is -0.590. The minimum Gasteiger partial charge on any atom is -0.410 e. The average molecular weight is 357 g/mol. The van der Waals surface area contributed by atoms with E-state index < -0.39 is 0 Å². The highest BCUT2D eigenvalue weighted by Crippen LogP contribution is 2.12. The number of halogens is 3. The van der Waals surface area contributed by atoms with Gasteiger partial charge in [-0.15, -0.1) is 24.8 Å². The smallest absolute Gasteiger partial charge is 0.177 e. The Balaban J connectivity index is 0.00000200. The summed E-state index contributed by atoms with van der Waals surface area (Å²) in [7, 11) is 0. The van der Waals surface area contributed by atoms with Crippen LogP contribution in [0.4, 0.5) is 0 Å². The third-order valence-corrected chi connectivity index (χ3v) is 3.47. The van der Waals surface area contributed by atoms with Gasteiger partial charge in [0.2, 0.25) is 0 Å². The first-order chi connectivity index (χ1) is 9.31. The Morgan fingerprint density at radius 1 is 1.38 bits per heavy atom. The number of rotatable bonds is 5. The monoisotopic (exact) mass is 355 g/mol. The summed E-state index contributed by atoms with van der Waals surface area (Å²) in [4.78, 5) is 6.69. The van der Waals surface area contributed by atoms with E-state index >= 15 is 0 Å². The fraction of sp³-hybridized carbons (Fsp3) is 0.538. The Labute approximate surface area is 142 Å². The summed E-state index contributed by atoms with van der Waals surface area (Å²) < 4.78 is 5.31. The molecule has 120 valence electrons. The van der Waals surface area contributed by atoms with E-state index in [-0.39, 0.29) is 30.0 Å². The molecule has 8 heteroatoms. The van der Waals surface area contributed by atoms with E-state index in [1.165, 1.54) is 0 Å². The number of hydrogen-bond acceptors (Lipinski definition) is 5. The molecule has 0 atom stereocenters. The summed E-state index contributed by atoms with van der Waals surface area (Å²) >= 11 is 5.86. The van der Waals surface area contributed by atoms with Gasteiger partial charge in [-0.2, -0.15) is 0 Å². The van der Waals surface area contributed by atoms with E-state index in [4.69, 9.17) is 21.5 Å². The van der Waals surface area contributed by atoms with Crippen LogP contribution in [0.1, 0.15) is 17.7 Å². The summed E-state index contributed by atoms with van der Waals surface area (Å²) in [6, 6.07) is 3.60. The SMILES string of the molecule is Cl.Cl.ON=C(Cl)c1cccnc1CCCN1CCOCC1. The van der Waals surface area contributed by atoms with Gasteiger partial charge in [-0.05, 0) is 31.5 Å². The molecule has 0 unspecified atom stereocenters. The minimum absolute atomic E-state index is 0. The molecule has 5 nitrogen and oxygen atoms in total. The molecule has 0 radical (unpaired) electrons. The number of aryl methyl sites for hydroxylation is 1. The second kappa shape index (κ2) is 11.0. The lowest BCUT2D eigenvalue weighted by Crippen LogP contribution is -2.37. The van der Waals surface area contributed by atoms with Crippen molar-refractivity contribution >= 4 is 41.6 Å². The lowest BCUT2D eigenvalue weighted by Gasteiger charge is -2.26. The van der Waals surface area contributed by atoms with Crippen molar-refractivity contribution in [3.8, 4) is 0 Å². The zero-order valence-electron chi connectivity index (χ0n) is 11.6. The molecule has 0 saturated carbocycles. The number of nitrogens with zero attached hydrogens (tertiary/aromatic N) is 3. The van der Waals surface area contributed by atoms with Gasteiger partial charge in [0.25, 0.3) is 0 Å². The second-order valence-electron chi connectivity index (χ2n) is 4.45. The summed E-state index contributed by atoms with van der Waals surface area (Å²) in [5.74, 6) is 0. The molecule has 1 aromatic heterocycles. The molecule has 1 N–H and O–H groups in total. The Morgan fingerprint density at radius 2 is 2.10 bits per heavy atom. The molecule has 2 heterocycles. The first-order valence-electron chi connectivity index (χ1n) is 6.43. The van der Waals surface area contributed by atoms with Crippen molar-refractivity contribution in [3.63, 3.8) is 0 Å². The molecule has 1 aromatic rings. The first kappa shape index (κ1) is 20.4. The van der Waals surface area contributed by atoms with Crippen LogP contribution in [0.25, 0.3) is 0 Å². The van der Waals surface area contributed by atoms with Crippen molar-refractivity contribution in [2.75, 3.05) is 32.8 Å². The number of oxime groups is 1. The molecule has 0 bridgehead atoms. The van der Waals surface area contributed by atoms with E-state index in [0.29, 0.717) is 5.56 Å². The highest BCUT2D eigenvalue weighted by Gasteiger charge is 2.12. The van der Waals surface area contributed by atoms with E-state index in [0.717, 1.165) is 51.4 Å². The molecule has 1 saturated heterocycles. The molecule has 0 spiro atoms. The Bertz CT molecular complexity index is 440. The van der Waals surface area contributed by atoms with Crippen LogP contribution in [0.15, 0.2) is 23.5 Å². The number of morpholine rings is 1. The summed E-state index contributed by atoms with van der Waals surface area (Å²) in [5, 5.41) is 11.9. The normalized spacial score (nSPS) is 16.0. The van der Waals surface area contributed by atoms with E-state index in [2.05, 4.69) is 15.0 Å². The lowest BCUT2D eigenvalue weighted by molar-refractivity contribution is 0.0374. The van der Waals surface area contributed by atoms with Gasteiger partial charge < -0.3 is 9.94 Å². The van der Waals surface area contributed by atoms with Crippen LogP contribution in [0.5, 0.6) is 0 Å². The largest absolute Gasteiger partial charge is 0.410 e. The van der Waals surface area contributed by atoms with Gasteiger partial charge in [0, 0.05) is 24.8 Å². The van der Waals surface area contributed by atoms with Crippen LogP contribution in [-0.4, -0.2) is 53.1 Å². The van der Waals surface area contributed by atoms with Gasteiger partial charge in [0.05, 0.1) is 18.9 Å². The van der Waals surface area contributed by atoms with Crippen molar-refractivity contribution in [2.45, 2.75) is 12.8 Å². The van der Waals surface area contributed by atoms with Gasteiger partial charge in [-0.1, -0.05) is 16.8 Å². The highest BCUT2D eigenvalue weighted by molar-refractivity contribution is 6.69. The van der Waals surface area contributed by atoms with E-state index in [9.17, 15) is 0 Å². The van der Waals surface area contributed by atoms with Crippen LogP contribution >= 0.6 is 36.4 Å². The van der Waals surface area contributed by atoms with Gasteiger partial charge >= 0.3 is 0 Å². The topological polar surface area (TPSA) is 58.0 Å². The van der Waals surface area contributed by atoms with Crippen molar-refractivity contribution in [3.05, 3.63) is 29.6 Å². The van der Waals surface area contributed by atoms with Gasteiger partial charge in [0.1, 0.15) is 0 Å². The Kier molecular flexibility index (Phi) is 10.7. The molecule has 0 aliphatic carbocycles. The van der Waals surface area contributed by atoms with Crippen LogP contribution in [0.3, 0.4) is 0 Å². The van der Waals surface area contributed by atoms with E-state index in [1.54, 1.807) is 12.3 Å². The molecule has 0 amide bonds. The van der Waals surface area contributed by atoms with Crippen LogP contribution in [-0.2, 0) is 11.2 Å². The van der Waals surface area contributed by atoms with Gasteiger partial charge in [-0.3, -0.25) is 9.88 Å². The number of pyridine rings is 1. The number of aromatic nitrogens is 1. The Morgan fingerprint density at radius 3 is 2.76 bits per heavy atom.